The van der Waals surface area contributed by atoms with Crippen molar-refractivity contribution in [3.8, 4) is 11.5 Å². The Bertz CT molecular complexity index is 1280. The Hall–Kier alpha value is -3.33. The van der Waals surface area contributed by atoms with Gasteiger partial charge >= 0.3 is 5.97 Å². The second-order valence-corrected chi connectivity index (χ2v) is 8.22. The highest BCUT2D eigenvalue weighted by Crippen LogP contribution is 2.38. The van der Waals surface area contributed by atoms with Crippen LogP contribution in [0.2, 0.25) is 0 Å². The molecule has 0 amide bonds. The maximum Gasteiger partial charge on any atom is 0.338 e. The maximum absolute atomic E-state index is 13.0. The molecular formula is C28H28O3. The quantitative estimate of drug-likeness (QED) is 0.328. The molecule has 158 valence electrons. The first-order valence-corrected chi connectivity index (χ1v) is 10.8. The molecule has 1 heterocycles. The number of rotatable bonds is 5. The first-order chi connectivity index (χ1) is 14.9. The molecule has 0 atom stereocenters. The van der Waals surface area contributed by atoms with Gasteiger partial charge in [-0.3, -0.25) is 0 Å². The van der Waals surface area contributed by atoms with E-state index in [9.17, 15) is 4.79 Å². The fourth-order valence-corrected chi connectivity index (χ4v) is 3.90. The van der Waals surface area contributed by atoms with Crippen LogP contribution >= 0.6 is 0 Å². The molecule has 0 fully saturated rings. The standard InChI is InChI=1S/C28H28O3/c1-6-7-12-30-28(29)22-11-9-8-10-21(22)27-23-13-17(2)19(4)15-25(23)31-26-16-20(5)18(3)14-24(26)27/h8-11,13-16H,4,6-7,12H2,1-3,5H3. The van der Waals surface area contributed by atoms with Crippen molar-refractivity contribution in [2.24, 2.45) is 0 Å². The predicted molar refractivity (Wildman–Crippen MR) is 125 cm³/mol. The van der Waals surface area contributed by atoms with Crippen molar-refractivity contribution in [1.29, 1.82) is 0 Å². The van der Waals surface area contributed by atoms with Crippen LogP contribution in [0, 0.1) is 20.8 Å². The van der Waals surface area contributed by atoms with Crippen molar-refractivity contribution in [2.45, 2.75) is 40.5 Å². The van der Waals surface area contributed by atoms with Crippen LogP contribution in [0.4, 0.5) is 0 Å². The number of esters is 1. The first kappa shape index (κ1) is 20.9. The lowest BCUT2D eigenvalue weighted by molar-refractivity contribution is 0.0499. The molecule has 31 heavy (non-hydrogen) atoms. The first-order valence-electron chi connectivity index (χ1n) is 10.8. The summed E-state index contributed by atoms with van der Waals surface area (Å²) in [6.45, 7) is 12.9. The molecule has 0 N–H and O–H groups in total. The van der Waals surface area contributed by atoms with Gasteiger partial charge in [-0.25, -0.2) is 4.79 Å². The lowest BCUT2D eigenvalue weighted by Gasteiger charge is -2.24. The summed E-state index contributed by atoms with van der Waals surface area (Å²) in [6.07, 6.45) is 1.84. The number of hydrogen-bond donors (Lipinski definition) is 0. The number of aryl methyl sites for hydroxylation is 3. The Labute approximate surface area is 183 Å². The average Bonchev–Trinajstić information content (AvgIpc) is 2.75. The number of ether oxygens (including phenoxy) is 2. The molecule has 3 aromatic rings. The van der Waals surface area contributed by atoms with Crippen molar-refractivity contribution in [3.63, 3.8) is 0 Å². The zero-order valence-electron chi connectivity index (χ0n) is 18.7. The number of fused-ring (bicyclic) bond motifs is 2. The summed E-state index contributed by atoms with van der Waals surface area (Å²) in [4.78, 5) is 13.0. The number of carbonyl (C=O) groups excluding carboxylic acids is 1. The smallest absolute Gasteiger partial charge is 0.338 e. The number of hydrogen-bond acceptors (Lipinski definition) is 3. The van der Waals surface area contributed by atoms with Gasteiger partial charge in [-0.15, -0.1) is 0 Å². The lowest BCUT2D eigenvalue weighted by atomic mass is 9.87. The van der Waals surface area contributed by atoms with E-state index in [0.29, 0.717) is 12.2 Å². The molecule has 3 heteroatoms. The Morgan fingerprint density at radius 2 is 1.68 bits per heavy atom. The van der Waals surface area contributed by atoms with Gasteiger partial charge in [0.15, 0.2) is 0 Å². The van der Waals surface area contributed by atoms with Gasteiger partial charge < -0.3 is 9.47 Å². The molecule has 1 aliphatic rings. The van der Waals surface area contributed by atoms with Gasteiger partial charge in [0, 0.05) is 16.4 Å². The van der Waals surface area contributed by atoms with Gasteiger partial charge in [-0.05, 0) is 85.0 Å². The molecule has 0 radical (unpaired) electrons. The Morgan fingerprint density at radius 3 is 2.45 bits per heavy atom. The Morgan fingerprint density at radius 1 is 0.935 bits per heavy atom. The number of benzene rings is 3. The van der Waals surface area contributed by atoms with Crippen LogP contribution in [-0.4, -0.2) is 12.6 Å². The molecule has 0 bridgehead atoms. The summed E-state index contributed by atoms with van der Waals surface area (Å²) in [5.74, 6) is 1.26. The minimum absolute atomic E-state index is 0.291. The number of unbranched alkanes of at least 4 members (excludes halogenated alkanes) is 1. The van der Waals surface area contributed by atoms with E-state index in [1.54, 1.807) is 0 Å². The van der Waals surface area contributed by atoms with Crippen molar-refractivity contribution in [3.05, 3.63) is 92.3 Å². The molecule has 1 aliphatic heterocycles. The molecule has 0 aromatic heterocycles. The molecule has 0 saturated carbocycles. The van der Waals surface area contributed by atoms with Gasteiger partial charge in [0.2, 0.25) is 0 Å². The third-order valence-corrected chi connectivity index (χ3v) is 5.94. The molecule has 0 spiro atoms. The summed E-state index contributed by atoms with van der Waals surface area (Å²) >= 11 is 0. The predicted octanol–water partition coefficient (Wildman–Crippen LogP) is 5.33. The lowest BCUT2D eigenvalue weighted by Crippen LogP contribution is -2.23. The molecule has 3 nitrogen and oxygen atoms in total. The summed E-state index contributed by atoms with van der Waals surface area (Å²) in [6, 6.07) is 16.0. The van der Waals surface area contributed by atoms with E-state index in [4.69, 9.17) is 9.47 Å². The second kappa shape index (κ2) is 8.43. The van der Waals surface area contributed by atoms with Gasteiger partial charge in [-0.2, -0.15) is 0 Å². The normalized spacial score (nSPS) is 12.1. The fraction of sp³-hybridized carbons (Fsp3) is 0.250. The average molecular weight is 413 g/mol. The molecular weight excluding hydrogens is 384 g/mol. The SMILES string of the molecule is C=c1cc2c(cc1C)=C(c1ccccc1C(=O)OCCCC)c1cc(C)c(C)cc1O2. The monoisotopic (exact) mass is 412 g/mol. The van der Waals surface area contributed by atoms with E-state index in [0.717, 1.165) is 62.6 Å². The third kappa shape index (κ3) is 3.88. The highest BCUT2D eigenvalue weighted by atomic mass is 16.5. The maximum atomic E-state index is 13.0. The van der Waals surface area contributed by atoms with Crippen molar-refractivity contribution >= 4 is 18.1 Å². The summed E-state index contributed by atoms with van der Waals surface area (Å²) < 4.78 is 11.9. The van der Waals surface area contributed by atoms with E-state index in [2.05, 4.69) is 45.5 Å². The molecule has 4 rings (SSSR count). The highest BCUT2D eigenvalue weighted by molar-refractivity contribution is 5.99. The van der Waals surface area contributed by atoms with Crippen molar-refractivity contribution in [1.82, 2.24) is 0 Å². The fourth-order valence-electron chi connectivity index (χ4n) is 3.90. The zero-order chi connectivity index (χ0) is 22.1. The molecule has 3 aromatic carbocycles. The molecule has 0 aliphatic carbocycles. The van der Waals surface area contributed by atoms with Gasteiger partial charge in [0.05, 0.1) is 12.2 Å². The topological polar surface area (TPSA) is 35.5 Å². The van der Waals surface area contributed by atoms with Gasteiger partial charge in [0.25, 0.3) is 0 Å². The van der Waals surface area contributed by atoms with E-state index in [1.807, 2.05) is 37.3 Å². The second-order valence-electron chi connectivity index (χ2n) is 8.22. The summed E-state index contributed by atoms with van der Waals surface area (Å²) in [5, 5.41) is 1.90. The van der Waals surface area contributed by atoms with E-state index in [1.165, 1.54) is 5.56 Å². The third-order valence-electron chi connectivity index (χ3n) is 5.94. The largest absolute Gasteiger partial charge is 0.462 e. The summed E-state index contributed by atoms with van der Waals surface area (Å²) in [7, 11) is 0. The van der Waals surface area contributed by atoms with Crippen LogP contribution in [0.15, 0.2) is 48.5 Å². The van der Waals surface area contributed by atoms with E-state index >= 15 is 0 Å². The van der Waals surface area contributed by atoms with Crippen molar-refractivity contribution in [2.75, 3.05) is 6.61 Å². The molecule has 0 saturated heterocycles. The van der Waals surface area contributed by atoms with Crippen LogP contribution in [0.1, 0.15) is 57.9 Å². The Kier molecular flexibility index (Phi) is 5.69. The minimum Gasteiger partial charge on any atom is -0.462 e. The van der Waals surface area contributed by atoms with Crippen LogP contribution in [0.5, 0.6) is 11.5 Å². The highest BCUT2D eigenvalue weighted by Gasteiger charge is 2.25. The van der Waals surface area contributed by atoms with Crippen LogP contribution < -0.4 is 15.2 Å². The molecule has 0 unspecified atom stereocenters. The van der Waals surface area contributed by atoms with Gasteiger partial charge in [-0.1, -0.05) is 38.1 Å². The zero-order valence-corrected chi connectivity index (χ0v) is 18.7. The van der Waals surface area contributed by atoms with Crippen LogP contribution in [0.3, 0.4) is 0 Å². The summed E-state index contributed by atoms with van der Waals surface area (Å²) in [5.41, 5.74) is 6.82. The van der Waals surface area contributed by atoms with Crippen molar-refractivity contribution < 1.29 is 14.3 Å². The number of carbonyl (C=O) groups is 1. The van der Waals surface area contributed by atoms with Gasteiger partial charge in [0.1, 0.15) is 11.5 Å². The van der Waals surface area contributed by atoms with E-state index < -0.39 is 0 Å². The van der Waals surface area contributed by atoms with Crippen LogP contribution in [-0.2, 0) is 4.74 Å². The Balaban J connectivity index is 2.01. The van der Waals surface area contributed by atoms with Crippen LogP contribution in [0.25, 0.3) is 12.2 Å². The minimum atomic E-state index is -0.291. The van der Waals surface area contributed by atoms with E-state index in [-0.39, 0.29) is 5.97 Å².